The molecule has 4 heterocycles. The fraction of sp³-hybridized carbons (Fsp3) is 0.441. The lowest BCUT2D eigenvalue weighted by molar-refractivity contribution is -0.219. The molecule has 3 aromatic heterocycles. The molecule has 1 fully saturated rings. The summed E-state index contributed by atoms with van der Waals surface area (Å²) in [7, 11) is 0. The molecule has 48 heavy (non-hydrogen) atoms. The first-order valence-corrected chi connectivity index (χ1v) is 16.8. The molecule has 14 heteroatoms. The monoisotopic (exact) mass is 681 g/mol. The Hall–Kier alpha value is -4.33. The molecule has 0 spiro atoms. The van der Waals surface area contributed by atoms with E-state index in [0.29, 0.717) is 41.7 Å². The van der Waals surface area contributed by atoms with Crippen molar-refractivity contribution in [2.75, 3.05) is 29.3 Å². The van der Waals surface area contributed by atoms with Crippen molar-refractivity contribution in [2.24, 2.45) is 10.8 Å². The molecule has 0 saturated heterocycles. The zero-order chi connectivity index (χ0) is 33.9. The van der Waals surface area contributed by atoms with Gasteiger partial charge in [0.25, 0.3) is 0 Å². The third-order valence-corrected chi connectivity index (χ3v) is 9.62. The van der Waals surface area contributed by atoms with E-state index in [1.54, 1.807) is 12.4 Å². The number of nitrogens with zero attached hydrogens (tertiary/aromatic N) is 6. The highest BCUT2D eigenvalue weighted by Gasteiger charge is 2.51. The number of aromatic nitrogens is 5. The van der Waals surface area contributed by atoms with E-state index < -0.39 is 29.6 Å². The van der Waals surface area contributed by atoms with Gasteiger partial charge in [-0.3, -0.25) is 4.79 Å². The van der Waals surface area contributed by atoms with Gasteiger partial charge in [-0.2, -0.15) is 13.2 Å². The van der Waals surface area contributed by atoms with Gasteiger partial charge in [-0.05, 0) is 63.6 Å². The Bertz CT molecular complexity index is 1760. The maximum Gasteiger partial charge on any atom is 0.397 e. The first-order chi connectivity index (χ1) is 22.9. The molecule has 4 aromatic rings. The van der Waals surface area contributed by atoms with Crippen LogP contribution in [-0.4, -0.2) is 61.7 Å². The molecule has 0 amide bonds. The molecule has 254 valence electrons. The van der Waals surface area contributed by atoms with E-state index in [0.717, 1.165) is 69.4 Å². The SMILES string of the molecule is CC(C)(COc1ccn(-c2ncc3nc2-c2ccccc2CCCCCCN(CC2(C(=O)O)CC2)c2cccc(n2)SN3)n1)C(F)(F)F. The number of anilines is 2. The van der Waals surface area contributed by atoms with Crippen LogP contribution >= 0.6 is 11.9 Å². The fourth-order valence-corrected chi connectivity index (χ4v) is 6.12. The molecule has 6 rings (SSSR count). The quantitative estimate of drug-likeness (QED) is 0.189. The van der Waals surface area contributed by atoms with E-state index in [-0.39, 0.29) is 5.88 Å². The Morgan fingerprint density at radius 2 is 1.83 bits per heavy atom. The van der Waals surface area contributed by atoms with Crippen LogP contribution in [0.15, 0.2) is 66.0 Å². The molecular weight excluding hydrogens is 643 g/mol. The Morgan fingerprint density at radius 3 is 2.60 bits per heavy atom. The summed E-state index contributed by atoms with van der Waals surface area (Å²) in [5.74, 6) is 0.916. The van der Waals surface area contributed by atoms with Gasteiger partial charge in [-0.15, -0.1) is 5.10 Å². The minimum atomic E-state index is -4.42. The van der Waals surface area contributed by atoms with Crippen LogP contribution in [0, 0.1) is 10.8 Å². The van der Waals surface area contributed by atoms with Crippen molar-refractivity contribution in [1.82, 2.24) is 24.7 Å². The average Bonchev–Trinajstić information content (AvgIpc) is 3.71. The third kappa shape index (κ3) is 7.53. The van der Waals surface area contributed by atoms with Crippen molar-refractivity contribution in [1.29, 1.82) is 0 Å². The second-order valence-electron chi connectivity index (χ2n) is 13.1. The standard InChI is InChI=1S/C34H38F3N7O3S/c1-32(2,34(35,36)37)22-47-27-15-19-44(41-27)30-29-24-12-7-6-11-23(24)10-5-3-4-8-18-43(21-33(16-17-33)31(45)46)26-13-9-14-28(40-26)48-42-25(39-29)20-38-30/h6-7,9,11-15,19-20H,3-5,8,10,16-18,21-22H2,1-2H3,(H,39,42)(H,45,46). The predicted molar refractivity (Wildman–Crippen MR) is 177 cm³/mol. The Balaban J connectivity index is 1.30. The number of rotatable bonds is 7. The molecule has 2 aliphatic rings. The number of aliphatic carboxylic acids is 1. The van der Waals surface area contributed by atoms with E-state index in [2.05, 4.69) is 20.8 Å². The Morgan fingerprint density at radius 1 is 1.04 bits per heavy atom. The predicted octanol–water partition coefficient (Wildman–Crippen LogP) is 7.60. The number of halogens is 3. The smallest absolute Gasteiger partial charge is 0.397 e. The first-order valence-electron chi connectivity index (χ1n) is 16.0. The van der Waals surface area contributed by atoms with Gasteiger partial charge in [0.1, 0.15) is 23.1 Å². The fourth-order valence-electron chi connectivity index (χ4n) is 5.53. The van der Waals surface area contributed by atoms with E-state index in [4.69, 9.17) is 19.7 Å². The highest BCUT2D eigenvalue weighted by Crippen LogP contribution is 2.47. The lowest BCUT2D eigenvalue weighted by Crippen LogP contribution is -2.37. The van der Waals surface area contributed by atoms with E-state index in [9.17, 15) is 23.1 Å². The number of fused-ring (bicyclic) bond motifs is 6. The van der Waals surface area contributed by atoms with Crippen LogP contribution < -0.4 is 14.4 Å². The number of carbonyl (C=O) groups is 1. The van der Waals surface area contributed by atoms with Gasteiger partial charge in [-0.1, -0.05) is 43.2 Å². The molecule has 0 unspecified atom stereocenters. The lowest BCUT2D eigenvalue weighted by Gasteiger charge is -2.27. The summed E-state index contributed by atoms with van der Waals surface area (Å²) < 4.78 is 50.4. The van der Waals surface area contributed by atoms with Gasteiger partial charge < -0.3 is 19.5 Å². The molecule has 1 aliphatic heterocycles. The molecule has 1 aromatic carbocycles. The number of benzene rings is 1. The number of carboxylic acids is 1. The summed E-state index contributed by atoms with van der Waals surface area (Å²) in [6.45, 7) is 2.74. The number of ether oxygens (including phenoxy) is 1. The first kappa shape index (κ1) is 33.6. The van der Waals surface area contributed by atoms with Gasteiger partial charge in [0.05, 0.1) is 17.0 Å². The summed E-state index contributed by atoms with van der Waals surface area (Å²) in [5.41, 5.74) is -0.230. The molecular formula is C34H38F3N7O3S. The minimum Gasteiger partial charge on any atom is -0.481 e. The zero-order valence-electron chi connectivity index (χ0n) is 26.8. The number of hydrogen-bond acceptors (Lipinski definition) is 9. The number of nitrogens with one attached hydrogen (secondary N) is 1. The molecule has 0 atom stereocenters. The van der Waals surface area contributed by atoms with Crippen LogP contribution in [0.25, 0.3) is 17.1 Å². The Labute approximate surface area is 281 Å². The number of alkyl halides is 3. The summed E-state index contributed by atoms with van der Waals surface area (Å²) in [6.07, 6.45) is 4.72. The van der Waals surface area contributed by atoms with E-state index in [1.807, 2.05) is 36.4 Å². The van der Waals surface area contributed by atoms with Gasteiger partial charge in [-0.25, -0.2) is 19.6 Å². The van der Waals surface area contributed by atoms with Gasteiger partial charge >= 0.3 is 12.1 Å². The molecule has 0 radical (unpaired) electrons. The van der Waals surface area contributed by atoms with Crippen molar-refractivity contribution >= 4 is 29.6 Å². The van der Waals surface area contributed by atoms with Crippen molar-refractivity contribution in [3.8, 4) is 23.0 Å². The maximum atomic E-state index is 13.4. The third-order valence-electron chi connectivity index (χ3n) is 8.87. The van der Waals surface area contributed by atoms with Crippen molar-refractivity contribution in [2.45, 2.75) is 70.0 Å². The lowest BCUT2D eigenvalue weighted by atomic mass is 9.94. The maximum absolute atomic E-state index is 13.4. The molecule has 1 aliphatic carbocycles. The molecule has 2 N–H and O–H groups in total. The van der Waals surface area contributed by atoms with Gasteiger partial charge in [0, 0.05) is 42.9 Å². The second-order valence-corrected chi connectivity index (χ2v) is 13.9. The molecule has 4 bridgehead atoms. The summed E-state index contributed by atoms with van der Waals surface area (Å²) >= 11 is 1.27. The highest BCUT2D eigenvalue weighted by atomic mass is 32.2. The van der Waals surface area contributed by atoms with Crippen molar-refractivity contribution in [3.05, 3.63) is 66.5 Å². The van der Waals surface area contributed by atoms with Crippen molar-refractivity contribution < 1.29 is 27.8 Å². The summed E-state index contributed by atoms with van der Waals surface area (Å²) in [6, 6.07) is 15.2. The number of aryl methyl sites for hydroxylation is 1. The zero-order valence-corrected chi connectivity index (χ0v) is 27.7. The van der Waals surface area contributed by atoms with Crippen molar-refractivity contribution in [3.63, 3.8) is 0 Å². The minimum absolute atomic E-state index is 0.0487. The molecule has 1 saturated carbocycles. The normalized spacial score (nSPS) is 16.7. The number of carboxylic acid groups (broad SMARTS) is 1. The average molecular weight is 682 g/mol. The Kier molecular flexibility index (Phi) is 9.55. The van der Waals surface area contributed by atoms with Crippen LogP contribution in [0.3, 0.4) is 0 Å². The number of hydrogen-bond donors (Lipinski definition) is 2. The second kappa shape index (κ2) is 13.7. The van der Waals surface area contributed by atoms with Crippen LogP contribution in [0.1, 0.15) is 57.9 Å². The van der Waals surface area contributed by atoms with E-state index >= 15 is 0 Å². The highest BCUT2D eigenvalue weighted by molar-refractivity contribution is 8.00. The van der Waals surface area contributed by atoms with E-state index in [1.165, 1.54) is 22.7 Å². The summed E-state index contributed by atoms with van der Waals surface area (Å²) in [4.78, 5) is 28.6. The van der Waals surface area contributed by atoms with Crippen LogP contribution in [0.4, 0.5) is 24.8 Å². The largest absolute Gasteiger partial charge is 0.481 e. The number of pyridine rings is 1. The van der Waals surface area contributed by atoms with Crippen LogP contribution in [-0.2, 0) is 11.2 Å². The van der Waals surface area contributed by atoms with Gasteiger partial charge in [0.15, 0.2) is 11.6 Å². The van der Waals surface area contributed by atoms with Gasteiger partial charge in [0.2, 0.25) is 5.88 Å². The summed E-state index contributed by atoms with van der Waals surface area (Å²) in [5, 5.41) is 15.0. The van der Waals surface area contributed by atoms with Crippen LogP contribution in [0.2, 0.25) is 0 Å². The van der Waals surface area contributed by atoms with Crippen LogP contribution in [0.5, 0.6) is 5.88 Å². The molecule has 10 nitrogen and oxygen atoms in total. The topological polar surface area (TPSA) is 118 Å².